The van der Waals surface area contributed by atoms with Crippen LogP contribution in [0.2, 0.25) is 5.02 Å². The molecule has 2 fully saturated rings. The number of ether oxygens (including phenoxy) is 2. The van der Waals surface area contributed by atoms with Gasteiger partial charge in [0.1, 0.15) is 0 Å². The van der Waals surface area contributed by atoms with E-state index in [1.54, 1.807) is 11.0 Å². The fourth-order valence-corrected chi connectivity index (χ4v) is 7.81. The average molecular weight is 815 g/mol. The Bertz CT molecular complexity index is 1730. The first kappa shape index (κ1) is 40.7. The van der Waals surface area contributed by atoms with Crippen molar-refractivity contribution in [3.8, 4) is 0 Å². The minimum Gasteiger partial charge on any atom is -0.449 e. The maximum atomic E-state index is 14.9. The molecule has 0 radical (unpaired) electrons. The van der Waals surface area contributed by atoms with Gasteiger partial charge in [-0.1, -0.05) is 102 Å². The van der Waals surface area contributed by atoms with E-state index in [4.69, 9.17) is 55.9 Å². The maximum absolute atomic E-state index is 14.9. The number of hydrogen-bond donors (Lipinski definition) is 0. The van der Waals surface area contributed by atoms with Crippen LogP contribution < -0.4 is 0 Å². The molecular formula is C37H44Cl4N4O8. The summed E-state index contributed by atoms with van der Waals surface area (Å²) >= 11 is 25.2. The number of aryl methyl sites for hydroxylation is 1. The molecule has 2 aliphatic heterocycles. The Balaban J connectivity index is 1.53. The normalized spacial score (nSPS) is 20.8. The highest BCUT2D eigenvalue weighted by Crippen LogP contribution is 2.63. The average Bonchev–Trinajstić information content (AvgIpc) is 3.55. The van der Waals surface area contributed by atoms with Crippen LogP contribution in [-0.2, 0) is 32.1 Å². The molecule has 288 valence electrons. The van der Waals surface area contributed by atoms with Gasteiger partial charge in [0.05, 0.1) is 25.3 Å². The van der Waals surface area contributed by atoms with Crippen molar-refractivity contribution in [1.29, 1.82) is 0 Å². The molecule has 53 heavy (non-hydrogen) atoms. The quantitative estimate of drug-likeness (QED) is 0.0807. The van der Waals surface area contributed by atoms with Gasteiger partial charge in [-0.25, -0.2) is 9.59 Å². The predicted molar refractivity (Wildman–Crippen MR) is 202 cm³/mol. The van der Waals surface area contributed by atoms with Crippen LogP contribution >= 0.6 is 46.4 Å². The van der Waals surface area contributed by atoms with E-state index in [0.717, 1.165) is 35.1 Å². The monoisotopic (exact) mass is 812 g/mol. The van der Waals surface area contributed by atoms with Gasteiger partial charge in [0.2, 0.25) is 3.79 Å². The smallest absolute Gasteiger partial charge is 0.411 e. The molecule has 3 aliphatic rings. The van der Waals surface area contributed by atoms with E-state index in [-0.39, 0.29) is 38.8 Å². The summed E-state index contributed by atoms with van der Waals surface area (Å²) in [7, 11) is 0. The van der Waals surface area contributed by atoms with E-state index in [9.17, 15) is 24.5 Å². The van der Waals surface area contributed by atoms with Crippen LogP contribution in [0.25, 0.3) is 5.57 Å². The highest BCUT2D eigenvalue weighted by Gasteiger charge is 2.72. The first-order valence-corrected chi connectivity index (χ1v) is 19.2. The van der Waals surface area contributed by atoms with Gasteiger partial charge in [0.15, 0.2) is 5.60 Å². The zero-order chi connectivity index (χ0) is 38.7. The summed E-state index contributed by atoms with van der Waals surface area (Å²) in [4.78, 5) is 62.2. The van der Waals surface area contributed by atoms with Crippen molar-refractivity contribution >= 4 is 70.1 Å². The molecule has 0 bridgehead atoms. The standard InChI is InChI=1S/C37H44Cl4N4O8/c1-5-11-24-14-16-25(17-15-24)27-20-36-23-43(33(47)51-18-9-10-19-52-45(49)50)22-29(36)44(34(48)53-35(3,4)37(39,40)41)31(36)30(27)32(46)42(6-2)21-26-12-7-8-13-28(26)38/h7-8,12-17,29,31H,5-6,9-11,18-23H2,1-4H3. The second-order valence-electron chi connectivity index (χ2n) is 14.1. The van der Waals surface area contributed by atoms with Crippen LogP contribution in [0.3, 0.4) is 0 Å². The lowest BCUT2D eigenvalue weighted by Crippen LogP contribution is -2.72. The van der Waals surface area contributed by atoms with E-state index >= 15 is 0 Å². The number of allylic oxidation sites excluding steroid dienone is 1. The highest BCUT2D eigenvalue weighted by molar-refractivity contribution is 6.68. The zero-order valence-corrected chi connectivity index (χ0v) is 33.1. The fraction of sp³-hybridized carbons (Fsp3) is 0.541. The fourth-order valence-electron chi connectivity index (χ4n) is 7.50. The lowest BCUT2D eigenvalue weighted by molar-refractivity contribution is -0.757. The van der Waals surface area contributed by atoms with Gasteiger partial charge in [-0.2, -0.15) is 0 Å². The summed E-state index contributed by atoms with van der Waals surface area (Å²) in [6, 6.07) is 14.1. The number of halogens is 4. The minimum atomic E-state index is -1.97. The number of hydrogen-bond acceptors (Lipinski definition) is 8. The van der Waals surface area contributed by atoms with E-state index in [0.29, 0.717) is 36.4 Å². The van der Waals surface area contributed by atoms with Gasteiger partial charge in [0, 0.05) is 42.2 Å². The molecule has 2 aromatic rings. The second kappa shape index (κ2) is 16.5. The number of amides is 3. The summed E-state index contributed by atoms with van der Waals surface area (Å²) in [5.74, 6) is -0.267. The number of unbranched alkanes of at least 4 members (excludes halogenated alkanes) is 1. The Hall–Kier alpha value is -3.45. The Morgan fingerprint density at radius 3 is 2.32 bits per heavy atom. The Morgan fingerprint density at radius 2 is 1.70 bits per heavy atom. The van der Waals surface area contributed by atoms with E-state index in [2.05, 4.69) is 23.9 Å². The number of likely N-dealkylation sites (N-methyl/N-ethyl adjacent to an activating group) is 1. The molecular weight excluding hydrogens is 770 g/mol. The molecule has 2 saturated heterocycles. The highest BCUT2D eigenvalue weighted by atomic mass is 35.6. The van der Waals surface area contributed by atoms with Crippen molar-refractivity contribution in [3.05, 3.63) is 85.9 Å². The predicted octanol–water partition coefficient (Wildman–Crippen LogP) is 8.26. The molecule has 3 amide bonds. The SMILES string of the molecule is CCCc1ccc(C2=C(C(=O)N(CC)Cc3ccccc3Cl)C3N(C(=O)OC(C)(C)C(Cl)(Cl)Cl)C4CN(C(=O)OCCCCO[N+](=O)[O-])CC43C2)cc1. The largest absolute Gasteiger partial charge is 0.449 e. The van der Waals surface area contributed by atoms with Crippen LogP contribution in [0.1, 0.15) is 70.1 Å². The number of nitrogens with zero attached hydrogens (tertiary/aromatic N) is 4. The Morgan fingerprint density at radius 1 is 1.02 bits per heavy atom. The molecule has 0 N–H and O–H groups in total. The number of carbonyl (C=O) groups is 3. The van der Waals surface area contributed by atoms with Crippen molar-refractivity contribution in [2.45, 2.75) is 87.8 Å². The van der Waals surface area contributed by atoms with E-state index < -0.39 is 44.2 Å². The third-order valence-electron chi connectivity index (χ3n) is 10.3. The lowest BCUT2D eigenvalue weighted by Gasteiger charge is -2.57. The van der Waals surface area contributed by atoms with Crippen LogP contribution in [0.5, 0.6) is 0 Å². The van der Waals surface area contributed by atoms with E-state index in [1.165, 1.54) is 23.6 Å². The van der Waals surface area contributed by atoms with Gasteiger partial charge in [-0.15, -0.1) is 10.1 Å². The minimum absolute atomic E-state index is 0.0194. The molecule has 0 saturated carbocycles. The molecule has 0 aromatic heterocycles. The number of alkyl halides is 3. The molecule has 3 unspecified atom stereocenters. The van der Waals surface area contributed by atoms with Crippen molar-refractivity contribution in [2.24, 2.45) is 5.41 Å². The molecule has 1 aliphatic carbocycles. The first-order valence-electron chi connectivity index (χ1n) is 17.7. The van der Waals surface area contributed by atoms with Crippen LogP contribution in [-0.4, -0.2) is 92.2 Å². The van der Waals surface area contributed by atoms with E-state index in [1.807, 2.05) is 37.3 Å². The summed E-state index contributed by atoms with van der Waals surface area (Å²) in [5.41, 5.74) is 1.70. The van der Waals surface area contributed by atoms with Crippen molar-refractivity contribution in [1.82, 2.24) is 14.7 Å². The maximum Gasteiger partial charge on any atom is 0.411 e. The van der Waals surface area contributed by atoms with Gasteiger partial charge in [-0.3, -0.25) is 9.69 Å². The summed E-state index contributed by atoms with van der Waals surface area (Å²) in [6.07, 6.45) is 1.57. The van der Waals surface area contributed by atoms with Crippen molar-refractivity contribution in [3.63, 3.8) is 0 Å². The number of likely N-dealkylation sites (tertiary alicyclic amines) is 2. The van der Waals surface area contributed by atoms with Crippen LogP contribution in [0, 0.1) is 15.5 Å². The molecule has 1 spiro atoms. The zero-order valence-electron chi connectivity index (χ0n) is 30.1. The molecule has 5 rings (SSSR count). The van der Waals surface area contributed by atoms with Gasteiger partial charge in [0.25, 0.3) is 11.0 Å². The van der Waals surface area contributed by atoms with Crippen molar-refractivity contribution < 1.29 is 33.8 Å². The van der Waals surface area contributed by atoms with Crippen LogP contribution in [0.4, 0.5) is 9.59 Å². The third kappa shape index (κ3) is 8.45. The molecule has 16 heteroatoms. The number of carbonyl (C=O) groups excluding carboxylic acids is 3. The molecule has 12 nitrogen and oxygen atoms in total. The van der Waals surface area contributed by atoms with Gasteiger partial charge < -0.3 is 24.1 Å². The van der Waals surface area contributed by atoms with Crippen molar-refractivity contribution in [2.75, 3.05) is 32.8 Å². The molecule has 2 heterocycles. The molecule has 2 aromatic carbocycles. The summed E-state index contributed by atoms with van der Waals surface area (Å²) in [6.45, 7) is 7.79. The Labute approximate surface area is 329 Å². The molecule has 3 atom stereocenters. The summed E-state index contributed by atoms with van der Waals surface area (Å²) in [5, 5.41) is 10.1. The third-order valence-corrected chi connectivity index (χ3v) is 12.1. The topological polar surface area (TPSA) is 132 Å². The number of rotatable bonds is 14. The lowest BCUT2D eigenvalue weighted by atomic mass is 9.66. The second-order valence-corrected chi connectivity index (χ2v) is 16.8. The van der Waals surface area contributed by atoms with Crippen LogP contribution in [0.15, 0.2) is 54.1 Å². The van der Waals surface area contributed by atoms with Gasteiger partial charge >= 0.3 is 12.2 Å². The Kier molecular flexibility index (Phi) is 12.7. The first-order chi connectivity index (χ1) is 25.0. The number of benzene rings is 2. The summed E-state index contributed by atoms with van der Waals surface area (Å²) < 4.78 is 9.46. The van der Waals surface area contributed by atoms with Gasteiger partial charge in [-0.05, 0) is 74.8 Å².